The predicted molar refractivity (Wildman–Crippen MR) is 143 cm³/mol. The zero-order valence-electron chi connectivity index (χ0n) is 18.8. The van der Waals surface area contributed by atoms with Crippen LogP contribution in [0.3, 0.4) is 0 Å². The molecule has 0 atom stereocenters. The number of hydrogen-bond donors (Lipinski definition) is 0. The number of methoxy groups -OCH3 is 2. The summed E-state index contributed by atoms with van der Waals surface area (Å²) in [5.74, 6) is 1.85. The summed E-state index contributed by atoms with van der Waals surface area (Å²) in [6, 6.07) is 22.7. The Labute approximate surface area is 221 Å². The molecule has 182 valence electrons. The van der Waals surface area contributed by atoms with Crippen LogP contribution < -0.4 is 18.5 Å². The van der Waals surface area contributed by atoms with E-state index in [0.717, 1.165) is 21.4 Å². The maximum atomic E-state index is 13.8. The van der Waals surface area contributed by atoms with E-state index in [1.54, 1.807) is 62.8 Å². The van der Waals surface area contributed by atoms with Crippen LogP contribution in [0.2, 0.25) is 5.02 Å². The largest absolute Gasteiger partial charge is 0.497 e. The summed E-state index contributed by atoms with van der Waals surface area (Å²) in [5.41, 5.74) is 1.28. The lowest BCUT2D eigenvalue weighted by Gasteiger charge is -2.24. The summed E-state index contributed by atoms with van der Waals surface area (Å²) in [4.78, 5) is 0. The van der Waals surface area contributed by atoms with Crippen molar-refractivity contribution in [3.05, 3.63) is 93.9 Å². The summed E-state index contributed by atoms with van der Waals surface area (Å²) < 4.78 is 46.2. The molecule has 0 saturated carbocycles. The van der Waals surface area contributed by atoms with E-state index in [2.05, 4.69) is 15.9 Å². The van der Waals surface area contributed by atoms with E-state index < -0.39 is 10.0 Å². The molecule has 35 heavy (non-hydrogen) atoms. The Morgan fingerprint density at radius 1 is 0.886 bits per heavy atom. The van der Waals surface area contributed by atoms with E-state index in [9.17, 15) is 8.42 Å². The Balaban J connectivity index is 1.70. The van der Waals surface area contributed by atoms with Gasteiger partial charge in [-0.1, -0.05) is 57.1 Å². The Morgan fingerprint density at radius 3 is 2.11 bits per heavy atom. The SMILES string of the molecule is COc1ccc(CN(c2ccc(OC)cc2)S(=O)(=O)c2cc(Cl)c(Oc3cccc(Br)c3)s2)cc1. The van der Waals surface area contributed by atoms with Gasteiger partial charge < -0.3 is 14.2 Å². The molecule has 0 unspecified atom stereocenters. The summed E-state index contributed by atoms with van der Waals surface area (Å²) in [5, 5.41) is 0.509. The highest BCUT2D eigenvalue weighted by molar-refractivity contribution is 9.10. The lowest BCUT2D eigenvalue weighted by atomic mass is 10.2. The first-order valence-electron chi connectivity index (χ1n) is 10.3. The van der Waals surface area contributed by atoms with Gasteiger partial charge in [0.2, 0.25) is 5.06 Å². The van der Waals surface area contributed by atoms with Gasteiger partial charge in [-0.2, -0.15) is 0 Å². The monoisotopic (exact) mass is 593 g/mol. The van der Waals surface area contributed by atoms with Crippen molar-refractivity contribution in [2.45, 2.75) is 10.8 Å². The first-order chi connectivity index (χ1) is 16.8. The molecule has 0 spiro atoms. The fourth-order valence-corrected chi connectivity index (χ4v) is 6.78. The first-order valence-corrected chi connectivity index (χ1v) is 13.8. The third-order valence-electron chi connectivity index (χ3n) is 5.03. The van der Waals surface area contributed by atoms with Crippen LogP contribution in [-0.4, -0.2) is 22.6 Å². The standard InChI is InChI=1S/C25H21BrClNO5S2/c1-31-20-10-6-17(7-11-20)16-28(19-8-12-21(32-2)13-9-19)35(29,30)24-15-23(27)25(34-24)33-22-5-3-4-18(26)14-22/h3-15H,16H2,1-2H3. The fraction of sp³-hybridized carbons (Fsp3) is 0.120. The first kappa shape index (κ1) is 25.4. The number of nitrogens with zero attached hydrogens (tertiary/aromatic N) is 1. The zero-order valence-corrected chi connectivity index (χ0v) is 22.7. The van der Waals surface area contributed by atoms with Crippen molar-refractivity contribution in [2.24, 2.45) is 0 Å². The van der Waals surface area contributed by atoms with Crippen LogP contribution in [0.15, 0.2) is 87.5 Å². The minimum absolute atomic E-state index is 0.0665. The molecule has 0 N–H and O–H groups in total. The van der Waals surface area contributed by atoms with E-state index in [0.29, 0.717) is 28.0 Å². The van der Waals surface area contributed by atoms with Crippen molar-refractivity contribution in [3.8, 4) is 22.3 Å². The number of benzene rings is 3. The quantitative estimate of drug-likeness (QED) is 0.202. The predicted octanol–water partition coefficient (Wildman–Crippen LogP) is 7.37. The highest BCUT2D eigenvalue weighted by Gasteiger charge is 2.29. The van der Waals surface area contributed by atoms with Crippen LogP contribution >= 0.6 is 38.9 Å². The molecule has 6 nitrogen and oxygen atoms in total. The topological polar surface area (TPSA) is 65.1 Å². The van der Waals surface area contributed by atoms with E-state index in [-0.39, 0.29) is 15.8 Å². The lowest BCUT2D eigenvalue weighted by molar-refractivity contribution is 0.414. The normalized spacial score (nSPS) is 11.2. The van der Waals surface area contributed by atoms with Gasteiger partial charge in [-0.25, -0.2) is 8.42 Å². The molecular formula is C25H21BrClNO5S2. The molecule has 1 heterocycles. The van der Waals surface area contributed by atoms with Gasteiger partial charge in [-0.05, 0) is 66.2 Å². The van der Waals surface area contributed by atoms with Crippen molar-refractivity contribution in [2.75, 3.05) is 18.5 Å². The minimum atomic E-state index is -3.98. The van der Waals surface area contributed by atoms with Crippen LogP contribution in [0, 0.1) is 0 Å². The number of thiophene rings is 1. The number of hydrogen-bond acceptors (Lipinski definition) is 6. The van der Waals surface area contributed by atoms with E-state index >= 15 is 0 Å². The smallest absolute Gasteiger partial charge is 0.274 e. The van der Waals surface area contributed by atoms with Gasteiger partial charge in [-0.3, -0.25) is 4.31 Å². The molecule has 0 bridgehead atoms. The van der Waals surface area contributed by atoms with Gasteiger partial charge in [0.25, 0.3) is 10.0 Å². The Hall–Kier alpha value is -2.72. The Bertz CT molecular complexity index is 1410. The maximum absolute atomic E-state index is 13.8. The Morgan fingerprint density at radius 2 is 1.51 bits per heavy atom. The van der Waals surface area contributed by atoms with Gasteiger partial charge in [0.05, 0.1) is 31.5 Å². The second kappa shape index (κ2) is 10.9. The molecule has 0 radical (unpaired) electrons. The van der Waals surface area contributed by atoms with Crippen LogP contribution in [-0.2, 0) is 16.6 Å². The number of anilines is 1. The van der Waals surface area contributed by atoms with Gasteiger partial charge in [0.1, 0.15) is 21.5 Å². The van der Waals surface area contributed by atoms with Crippen molar-refractivity contribution in [1.82, 2.24) is 0 Å². The molecule has 3 aromatic carbocycles. The number of sulfonamides is 1. The molecule has 0 amide bonds. The average Bonchev–Trinajstić information content (AvgIpc) is 3.23. The third-order valence-corrected chi connectivity index (χ3v) is 9.15. The summed E-state index contributed by atoms with van der Waals surface area (Å²) >= 11 is 10.8. The van der Waals surface area contributed by atoms with E-state index in [1.807, 2.05) is 24.3 Å². The highest BCUT2D eigenvalue weighted by atomic mass is 79.9. The second-order valence-corrected chi connectivity index (χ2v) is 11.7. The number of rotatable bonds is 9. The molecule has 0 aliphatic carbocycles. The van der Waals surface area contributed by atoms with Crippen molar-refractivity contribution in [1.29, 1.82) is 0 Å². The molecule has 4 rings (SSSR count). The van der Waals surface area contributed by atoms with Crippen LogP contribution in [0.1, 0.15) is 5.56 Å². The van der Waals surface area contributed by atoms with Crippen LogP contribution in [0.4, 0.5) is 5.69 Å². The molecular weight excluding hydrogens is 574 g/mol. The molecule has 0 aliphatic heterocycles. The second-order valence-electron chi connectivity index (χ2n) is 7.32. The maximum Gasteiger partial charge on any atom is 0.274 e. The van der Waals surface area contributed by atoms with Gasteiger partial charge in [0.15, 0.2) is 0 Å². The van der Waals surface area contributed by atoms with E-state index in [4.69, 9.17) is 25.8 Å². The van der Waals surface area contributed by atoms with E-state index in [1.165, 1.54) is 10.4 Å². The van der Waals surface area contributed by atoms with Crippen molar-refractivity contribution >= 4 is 54.6 Å². The molecule has 0 saturated heterocycles. The lowest BCUT2D eigenvalue weighted by Crippen LogP contribution is -2.30. The van der Waals surface area contributed by atoms with Crippen LogP contribution in [0.25, 0.3) is 0 Å². The average molecular weight is 595 g/mol. The molecule has 1 aromatic heterocycles. The number of ether oxygens (including phenoxy) is 3. The Kier molecular flexibility index (Phi) is 7.91. The zero-order chi connectivity index (χ0) is 25.0. The fourth-order valence-electron chi connectivity index (χ4n) is 3.24. The number of halogens is 2. The summed E-state index contributed by atoms with van der Waals surface area (Å²) in [7, 11) is -0.846. The molecule has 4 aromatic rings. The van der Waals surface area contributed by atoms with Crippen LogP contribution in [0.5, 0.6) is 22.3 Å². The van der Waals surface area contributed by atoms with Crippen molar-refractivity contribution < 1.29 is 22.6 Å². The molecule has 10 heteroatoms. The van der Waals surface area contributed by atoms with Gasteiger partial charge in [0, 0.05) is 4.47 Å². The van der Waals surface area contributed by atoms with Crippen molar-refractivity contribution in [3.63, 3.8) is 0 Å². The third kappa shape index (κ3) is 5.92. The van der Waals surface area contributed by atoms with Gasteiger partial charge in [-0.15, -0.1) is 0 Å². The minimum Gasteiger partial charge on any atom is -0.497 e. The highest BCUT2D eigenvalue weighted by Crippen LogP contribution is 2.42. The van der Waals surface area contributed by atoms with Gasteiger partial charge >= 0.3 is 0 Å². The molecule has 0 aliphatic rings. The summed E-state index contributed by atoms with van der Waals surface area (Å²) in [6.45, 7) is 0.107. The molecule has 0 fully saturated rings. The summed E-state index contributed by atoms with van der Waals surface area (Å²) in [6.07, 6.45) is 0.